The maximum Gasteiger partial charge on any atom is 0.412 e. The number of pyridine rings is 1. The standard InChI is InChI=1S/C12H17FN2O4S/c1-12(2,3)19-11(16)15-8-5-9(13)10(14-6-8)7-20(4,17)18/h5-6H,7H2,1-4H3,(H,15,16). The van der Waals surface area contributed by atoms with Gasteiger partial charge in [0.1, 0.15) is 11.4 Å². The number of sulfone groups is 1. The van der Waals surface area contributed by atoms with Crippen LogP contribution in [0.1, 0.15) is 26.5 Å². The SMILES string of the molecule is CC(C)(C)OC(=O)Nc1cnc(CS(C)(=O)=O)c(F)c1. The van der Waals surface area contributed by atoms with Gasteiger partial charge in [0, 0.05) is 12.3 Å². The molecule has 1 aromatic rings. The van der Waals surface area contributed by atoms with E-state index in [1.54, 1.807) is 20.8 Å². The zero-order chi connectivity index (χ0) is 15.6. The lowest BCUT2D eigenvalue weighted by atomic mass is 10.2. The van der Waals surface area contributed by atoms with Crippen molar-refractivity contribution in [2.45, 2.75) is 32.1 Å². The van der Waals surface area contributed by atoms with Crippen LogP contribution in [-0.2, 0) is 20.3 Å². The number of anilines is 1. The number of hydrogen-bond donors (Lipinski definition) is 1. The van der Waals surface area contributed by atoms with Crippen molar-refractivity contribution in [3.05, 3.63) is 23.8 Å². The molecule has 0 saturated heterocycles. The monoisotopic (exact) mass is 304 g/mol. The fourth-order valence-corrected chi connectivity index (χ4v) is 2.02. The third-order valence-electron chi connectivity index (χ3n) is 1.96. The molecule has 0 bridgehead atoms. The molecule has 1 amide bonds. The smallest absolute Gasteiger partial charge is 0.412 e. The predicted molar refractivity (Wildman–Crippen MR) is 72.6 cm³/mol. The molecule has 8 heteroatoms. The summed E-state index contributed by atoms with van der Waals surface area (Å²) in [6, 6.07) is 0.997. The maximum atomic E-state index is 13.6. The summed E-state index contributed by atoms with van der Waals surface area (Å²) in [5.74, 6) is -1.30. The lowest BCUT2D eigenvalue weighted by Gasteiger charge is -2.19. The van der Waals surface area contributed by atoms with Gasteiger partial charge < -0.3 is 4.74 Å². The van der Waals surface area contributed by atoms with Crippen LogP contribution >= 0.6 is 0 Å². The van der Waals surface area contributed by atoms with Gasteiger partial charge >= 0.3 is 6.09 Å². The predicted octanol–water partition coefficient (Wildman–Crippen LogP) is 2.11. The van der Waals surface area contributed by atoms with Crippen LogP contribution in [0.4, 0.5) is 14.9 Å². The Kier molecular flexibility index (Phi) is 4.69. The molecule has 0 aliphatic rings. The third kappa shape index (κ3) is 5.96. The molecule has 6 nitrogen and oxygen atoms in total. The van der Waals surface area contributed by atoms with Crippen molar-refractivity contribution >= 4 is 21.6 Å². The first kappa shape index (κ1) is 16.4. The second-order valence-electron chi connectivity index (χ2n) is 5.35. The molecule has 112 valence electrons. The summed E-state index contributed by atoms with van der Waals surface area (Å²) in [6.45, 7) is 5.09. The van der Waals surface area contributed by atoms with Gasteiger partial charge in [-0.25, -0.2) is 17.6 Å². The van der Waals surface area contributed by atoms with Gasteiger partial charge in [-0.2, -0.15) is 0 Å². The van der Waals surface area contributed by atoms with Crippen molar-refractivity contribution in [2.24, 2.45) is 0 Å². The molecule has 0 aliphatic heterocycles. The normalized spacial score (nSPS) is 12.1. The van der Waals surface area contributed by atoms with Crippen molar-refractivity contribution in [2.75, 3.05) is 11.6 Å². The van der Waals surface area contributed by atoms with E-state index in [1.165, 1.54) is 6.20 Å². The van der Waals surface area contributed by atoms with Crippen LogP contribution in [0.15, 0.2) is 12.3 Å². The van der Waals surface area contributed by atoms with E-state index in [0.29, 0.717) is 0 Å². The average Bonchev–Trinajstić information content (AvgIpc) is 2.17. The zero-order valence-electron chi connectivity index (χ0n) is 11.7. The van der Waals surface area contributed by atoms with Gasteiger partial charge in [0.15, 0.2) is 9.84 Å². The van der Waals surface area contributed by atoms with E-state index in [4.69, 9.17) is 4.74 Å². The number of ether oxygens (including phenoxy) is 1. The van der Waals surface area contributed by atoms with Crippen LogP contribution in [0, 0.1) is 5.82 Å². The molecule has 1 aromatic heterocycles. The second-order valence-corrected chi connectivity index (χ2v) is 7.49. The van der Waals surface area contributed by atoms with E-state index in [9.17, 15) is 17.6 Å². The quantitative estimate of drug-likeness (QED) is 0.924. The Bertz CT molecular complexity index is 608. The number of nitrogens with one attached hydrogen (secondary N) is 1. The molecule has 20 heavy (non-hydrogen) atoms. The maximum absolute atomic E-state index is 13.6. The number of hydrogen-bond acceptors (Lipinski definition) is 5. The molecule has 1 rings (SSSR count). The molecule has 1 heterocycles. The minimum Gasteiger partial charge on any atom is -0.444 e. The number of rotatable bonds is 3. The Hall–Kier alpha value is -1.70. The van der Waals surface area contributed by atoms with Gasteiger partial charge in [0.05, 0.1) is 23.3 Å². The van der Waals surface area contributed by atoms with Crippen molar-refractivity contribution in [3.63, 3.8) is 0 Å². The molecule has 0 unspecified atom stereocenters. The lowest BCUT2D eigenvalue weighted by Crippen LogP contribution is -2.27. The Morgan fingerprint density at radius 2 is 2.05 bits per heavy atom. The van der Waals surface area contributed by atoms with Gasteiger partial charge in [-0.3, -0.25) is 10.3 Å². The molecule has 0 atom stereocenters. The summed E-state index contributed by atoms with van der Waals surface area (Å²) in [5, 5.41) is 2.32. The van der Waals surface area contributed by atoms with Crippen LogP contribution < -0.4 is 5.32 Å². The van der Waals surface area contributed by atoms with Crippen LogP contribution in [0.25, 0.3) is 0 Å². The topological polar surface area (TPSA) is 85.4 Å². The summed E-state index contributed by atoms with van der Waals surface area (Å²) < 4.78 is 40.8. The molecular weight excluding hydrogens is 287 g/mol. The Morgan fingerprint density at radius 1 is 1.45 bits per heavy atom. The first-order valence-electron chi connectivity index (χ1n) is 5.78. The molecule has 0 fully saturated rings. The molecule has 0 spiro atoms. The van der Waals surface area contributed by atoms with Crippen molar-refractivity contribution < 1.29 is 22.3 Å². The summed E-state index contributed by atoms with van der Waals surface area (Å²) in [6.07, 6.45) is 1.42. The molecule has 0 aliphatic carbocycles. The van der Waals surface area contributed by atoms with Crippen molar-refractivity contribution in [1.29, 1.82) is 0 Å². The molecule has 0 radical (unpaired) electrons. The first-order valence-corrected chi connectivity index (χ1v) is 7.84. The van der Waals surface area contributed by atoms with Gasteiger partial charge in [0.2, 0.25) is 0 Å². The van der Waals surface area contributed by atoms with E-state index < -0.39 is 33.1 Å². The number of carbonyl (C=O) groups excluding carboxylic acids is 1. The minimum atomic E-state index is -3.37. The highest BCUT2D eigenvalue weighted by Gasteiger charge is 2.17. The van der Waals surface area contributed by atoms with Gasteiger partial charge in [0.25, 0.3) is 0 Å². The highest BCUT2D eigenvalue weighted by Crippen LogP contribution is 2.15. The van der Waals surface area contributed by atoms with E-state index >= 15 is 0 Å². The summed E-state index contributed by atoms with van der Waals surface area (Å²) in [4.78, 5) is 15.2. The van der Waals surface area contributed by atoms with E-state index in [0.717, 1.165) is 12.3 Å². The van der Waals surface area contributed by atoms with Crippen LogP contribution in [0.2, 0.25) is 0 Å². The molecule has 0 aromatic carbocycles. The van der Waals surface area contributed by atoms with Crippen LogP contribution in [0.3, 0.4) is 0 Å². The van der Waals surface area contributed by atoms with Gasteiger partial charge in [-0.05, 0) is 20.8 Å². The fraction of sp³-hybridized carbons (Fsp3) is 0.500. The number of carbonyl (C=O) groups is 1. The summed E-state index contributed by atoms with van der Waals surface area (Å²) in [7, 11) is -3.37. The van der Waals surface area contributed by atoms with Crippen LogP contribution in [-0.4, -0.2) is 31.4 Å². The Balaban J connectivity index is 2.80. The van der Waals surface area contributed by atoms with Gasteiger partial charge in [-0.15, -0.1) is 0 Å². The van der Waals surface area contributed by atoms with Crippen molar-refractivity contribution in [3.8, 4) is 0 Å². The highest BCUT2D eigenvalue weighted by atomic mass is 32.2. The van der Waals surface area contributed by atoms with E-state index in [2.05, 4.69) is 10.3 Å². The molecular formula is C12H17FN2O4S. The summed E-state index contributed by atoms with van der Waals surface area (Å²) >= 11 is 0. The number of aromatic nitrogens is 1. The number of amides is 1. The zero-order valence-corrected chi connectivity index (χ0v) is 12.5. The Labute approximate surface area is 117 Å². The molecule has 1 N–H and O–H groups in total. The Morgan fingerprint density at radius 3 is 2.50 bits per heavy atom. The lowest BCUT2D eigenvalue weighted by molar-refractivity contribution is 0.0636. The minimum absolute atomic E-state index is 0.0917. The largest absolute Gasteiger partial charge is 0.444 e. The second kappa shape index (κ2) is 5.74. The highest BCUT2D eigenvalue weighted by molar-refractivity contribution is 7.89. The number of halogens is 1. The van der Waals surface area contributed by atoms with Gasteiger partial charge in [-0.1, -0.05) is 0 Å². The molecule has 0 saturated carbocycles. The van der Waals surface area contributed by atoms with Crippen LogP contribution in [0.5, 0.6) is 0 Å². The first-order chi connectivity index (χ1) is 8.96. The average molecular weight is 304 g/mol. The summed E-state index contributed by atoms with van der Waals surface area (Å²) in [5.41, 5.74) is -0.775. The van der Waals surface area contributed by atoms with E-state index in [1.807, 2.05) is 0 Å². The number of nitrogens with zero attached hydrogens (tertiary/aromatic N) is 1. The fourth-order valence-electron chi connectivity index (χ4n) is 1.31. The third-order valence-corrected chi connectivity index (χ3v) is 2.76. The van der Waals surface area contributed by atoms with Crippen molar-refractivity contribution in [1.82, 2.24) is 4.98 Å². The van der Waals surface area contributed by atoms with E-state index in [-0.39, 0.29) is 11.4 Å².